The number of carbonyl (C=O) groups excluding carboxylic acids is 1. The second kappa shape index (κ2) is 8.14. The van der Waals surface area contributed by atoms with E-state index in [-0.39, 0.29) is 6.04 Å². The highest BCUT2D eigenvalue weighted by Crippen LogP contribution is 2.39. The van der Waals surface area contributed by atoms with Crippen molar-refractivity contribution in [2.75, 3.05) is 12.4 Å². The van der Waals surface area contributed by atoms with E-state index in [0.717, 1.165) is 33.6 Å². The molecule has 7 heteroatoms. The molecule has 0 aliphatic heterocycles. The van der Waals surface area contributed by atoms with Crippen LogP contribution in [0.2, 0.25) is 0 Å². The van der Waals surface area contributed by atoms with Crippen LogP contribution in [0.15, 0.2) is 59.5 Å². The van der Waals surface area contributed by atoms with Crippen molar-refractivity contribution in [1.29, 1.82) is 0 Å². The predicted molar refractivity (Wildman–Crippen MR) is 111 cm³/mol. The molecule has 1 aromatic carbocycles. The average molecular weight is 441 g/mol. The first-order valence-corrected chi connectivity index (χ1v) is 10.0. The number of aromatic nitrogens is 3. The third-order valence-corrected chi connectivity index (χ3v) is 5.39. The summed E-state index contributed by atoms with van der Waals surface area (Å²) in [6.45, 7) is 0. The first-order chi connectivity index (χ1) is 13.6. The average Bonchev–Trinajstić information content (AvgIpc) is 3.41. The van der Waals surface area contributed by atoms with E-state index in [9.17, 15) is 4.79 Å². The van der Waals surface area contributed by atoms with Crippen LogP contribution in [0.4, 0.5) is 10.5 Å². The number of ether oxygens (including phenoxy) is 1. The number of benzene rings is 1. The van der Waals surface area contributed by atoms with E-state index in [1.807, 2.05) is 47.4 Å². The molecule has 28 heavy (non-hydrogen) atoms. The van der Waals surface area contributed by atoms with Crippen molar-refractivity contribution < 1.29 is 9.53 Å². The Hall–Kier alpha value is -2.67. The number of rotatable bonds is 6. The molecule has 3 aromatic rings. The molecule has 1 atom stereocenters. The van der Waals surface area contributed by atoms with Gasteiger partial charge in [0.15, 0.2) is 0 Å². The fraction of sp³-hybridized carbons (Fsp3) is 0.286. The molecule has 0 bridgehead atoms. The zero-order valence-electron chi connectivity index (χ0n) is 15.5. The minimum Gasteiger partial charge on any atom is -0.453 e. The first kappa shape index (κ1) is 18.7. The van der Waals surface area contributed by atoms with E-state index in [0.29, 0.717) is 5.69 Å². The molecule has 1 saturated carbocycles. The van der Waals surface area contributed by atoms with Gasteiger partial charge >= 0.3 is 6.09 Å². The topological polar surface area (TPSA) is 69.0 Å². The molecule has 1 fully saturated rings. The van der Waals surface area contributed by atoms with Crippen molar-refractivity contribution in [3.05, 3.63) is 65.2 Å². The van der Waals surface area contributed by atoms with E-state index in [1.165, 1.54) is 20.0 Å². The van der Waals surface area contributed by atoms with Gasteiger partial charge in [-0.1, -0.05) is 25.0 Å². The monoisotopic (exact) mass is 440 g/mol. The van der Waals surface area contributed by atoms with Crippen LogP contribution < -0.4 is 5.32 Å². The van der Waals surface area contributed by atoms with Gasteiger partial charge in [0.2, 0.25) is 0 Å². The second-order valence-corrected chi connectivity index (χ2v) is 7.91. The van der Waals surface area contributed by atoms with Gasteiger partial charge in [0.25, 0.3) is 0 Å². The Labute approximate surface area is 172 Å². The van der Waals surface area contributed by atoms with Crippen molar-refractivity contribution in [2.24, 2.45) is 5.92 Å². The Bertz CT molecular complexity index is 949. The van der Waals surface area contributed by atoms with Crippen LogP contribution >= 0.6 is 15.9 Å². The van der Waals surface area contributed by atoms with Gasteiger partial charge in [0.05, 0.1) is 25.0 Å². The number of hydrogen-bond acceptors (Lipinski definition) is 4. The minimum atomic E-state index is -0.481. The summed E-state index contributed by atoms with van der Waals surface area (Å²) in [4.78, 5) is 15.9. The number of amides is 1. The molecular weight excluding hydrogens is 420 g/mol. The number of pyridine rings is 1. The molecule has 0 spiro atoms. The highest BCUT2D eigenvalue weighted by molar-refractivity contribution is 9.10. The van der Waals surface area contributed by atoms with Crippen LogP contribution in [0, 0.1) is 5.92 Å². The molecule has 1 amide bonds. The Morgan fingerprint density at radius 1 is 1.21 bits per heavy atom. The van der Waals surface area contributed by atoms with E-state index in [2.05, 4.69) is 48.3 Å². The second-order valence-electron chi connectivity index (χ2n) is 7.00. The molecule has 144 valence electrons. The fourth-order valence-electron chi connectivity index (χ4n) is 3.19. The maximum atomic E-state index is 11.3. The number of methoxy groups -OCH3 is 1. The minimum absolute atomic E-state index is 0.134. The summed E-state index contributed by atoms with van der Waals surface area (Å²) in [5.41, 5.74) is 3.79. The summed E-state index contributed by atoms with van der Waals surface area (Å²) in [5.74, 6) is 0.756. The standard InChI is InChI=1S/C21H21BrN4O2/c1-28-21(27)25-18-7-4-15(5-8-18)16-11-24-26(13-16)20(10-14-2-3-14)19-9-6-17(22)12-23-19/h4-9,11-14,20H,2-3,10H2,1H3,(H,25,27). The SMILES string of the molecule is COC(=O)Nc1ccc(-c2cnn(C(CC3CC3)c3ccc(Br)cn3)c2)cc1. The van der Waals surface area contributed by atoms with Crippen molar-refractivity contribution in [3.8, 4) is 11.1 Å². The Morgan fingerprint density at radius 2 is 2.00 bits per heavy atom. The van der Waals surface area contributed by atoms with Crippen LogP contribution in [0.1, 0.15) is 31.0 Å². The Kier molecular flexibility index (Phi) is 5.43. The van der Waals surface area contributed by atoms with Crippen LogP contribution in [0.5, 0.6) is 0 Å². The van der Waals surface area contributed by atoms with E-state index in [4.69, 9.17) is 0 Å². The maximum Gasteiger partial charge on any atom is 0.411 e. The summed E-state index contributed by atoms with van der Waals surface area (Å²) in [6, 6.07) is 11.8. The van der Waals surface area contributed by atoms with Gasteiger partial charge in [-0.3, -0.25) is 15.0 Å². The Morgan fingerprint density at radius 3 is 2.64 bits per heavy atom. The molecule has 1 aliphatic rings. The lowest BCUT2D eigenvalue weighted by molar-refractivity contribution is 0.187. The predicted octanol–water partition coefficient (Wildman–Crippen LogP) is 5.28. The maximum absolute atomic E-state index is 11.3. The van der Waals surface area contributed by atoms with Gasteiger partial charge in [0.1, 0.15) is 0 Å². The van der Waals surface area contributed by atoms with Crippen LogP contribution in [-0.4, -0.2) is 28.0 Å². The smallest absolute Gasteiger partial charge is 0.411 e. The molecule has 0 radical (unpaired) electrons. The lowest BCUT2D eigenvalue weighted by atomic mass is 10.1. The van der Waals surface area contributed by atoms with Crippen LogP contribution in [0.3, 0.4) is 0 Å². The van der Waals surface area contributed by atoms with Crippen LogP contribution in [-0.2, 0) is 4.74 Å². The Balaban J connectivity index is 1.56. The summed E-state index contributed by atoms with van der Waals surface area (Å²) >= 11 is 3.45. The highest BCUT2D eigenvalue weighted by Gasteiger charge is 2.28. The normalized spacial score (nSPS) is 14.5. The zero-order chi connectivity index (χ0) is 19.5. The number of hydrogen-bond donors (Lipinski definition) is 1. The molecule has 2 aromatic heterocycles. The van der Waals surface area contributed by atoms with E-state index in [1.54, 1.807) is 0 Å². The van der Waals surface area contributed by atoms with Gasteiger partial charge in [0, 0.05) is 28.1 Å². The number of halogens is 1. The first-order valence-electron chi connectivity index (χ1n) is 9.23. The number of nitrogens with zero attached hydrogens (tertiary/aromatic N) is 3. The molecule has 6 nitrogen and oxygen atoms in total. The van der Waals surface area contributed by atoms with Crippen molar-refractivity contribution in [1.82, 2.24) is 14.8 Å². The third kappa shape index (κ3) is 4.42. The van der Waals surface area contributed by atoms with Gasteiger partial charge < -0.3 is 4.74 Å². The molecule has 1 N–H and O–H groups in total. The number of nitrogens with one attached hydrogen (secondary N) is 1. The molecular formula is C21H21BrN4O2. The molecule has 2 heterocycles. The van der Waals surface area contributed by atoms with Gasteiger partial charge in [-0.2, -0.15) is 5.10 Å². The van der Waals surface area contributed by atoms with Crippen molar-refractivity contribution >= 4 is 27.7 Å². The summed E-state index contributed by atoms with van der Waals surface area (Å²) in [6.07, 6.45) is 8.93. The van der Waals surface area contributed by atoms with E-state index < -0.39 is 6.09 Å². The number of anilines is 1. The fourth-order valence-corrected chi connectivity index (χ4v) is 3.42. The van der Waals surface area contributed by atoms with Gasteiger partial charge in [-0.15, -0.1) is 0 Å². The van der Waals surface area contributed by atoms with E-state index >= 15 is 0 Å². The van der Waals surface area contributed by atoms with Crippen molar-refractivity contribution in [2.45, 2.75) is 25.3 Å². The summed E-state index contributed by atoms with van der Waals surface area (Å²) in [7, 11) is 1.34. The summed E-state index contributed by atoms with van der Waals surface area (Å²) < 4.78 is 7.61. The molecule has 1 aliphatic carbocycles. The highest BCUT2D eigenvalue weighted by atomic mass is 79.9. The van der Waals surface area contributed by atoms with Crippen molar-refractivity contribution in [3.63, 3.8) is 0 Å². The molecule has 4 rings (SSSR count). The molecule has 1 unspecified atom stereocenters. The largest absolute Gasteiger partial charge is 0.453 e. The van der Waals surface area contributed by atoms with Gasteiger partial charge in [-0.25, -0.2) is 4.79 Å². The third-order valence-electron chi connectivity index (χ3n) is 4.92. The lowest BCUT2D eigenvalue weighted by Gasteiger charge is -2.17. The summed E-state index contributed by atoms with van der Waals surface area (Å²) in [5, 5.41) is 7.29. The van der Waals surface area contributed by atoms with Crippen LogP contribution in [0.25, 0.3) is 11.1 Å². The number of carbonyl (C=O) groups is 1. The molecule has 0 saturated heterocycles. The van der Waals surface area contributed by atoms with Gasteiger partial charge in [-0.05, 0) is 58.1 Å². The lowest BCUT2D eigenvalue weighted by Crippen LogP contribution is -2.13. The zero-order valence-corrected chi connectivity index (χ0v) is 17.1. The quantitative estimate of drug-likeness (QED) is 0.566.